The molecule has 0 radical (unpaired) electrons. The maximum atomic E-state index is 6.35. The van der Waals surface area contributed by atoms with Gasteiger partial charge in [0.2, 0.25) is 0 Å². The van der Waals surface area contributed by atoms with Gasteiger partial charge in [0.1, 0.15) is 0 Å². The van der Waals surface area contributed by atoms with Gasteiger partial charge in [-0.3, -0.25) is 0 Å². The van der Waals surface area contributed by atoms with E-state index >= 15 is 0 Å². The molecule has 0 saturated heterocycles. The SMILES string of the molecule is CCCNC(/C1=C/CCCCCC1)c1sccc1Cl. The minimum absolute atomic E-state index is 0.338. The van der Waals surface area contributed by atoms with Crippen LogP contribution < -0.4 is 5.32 Å². The van der Waals surface area contributed by atoms with Crippen molar-refractivity contribution in [3.05, 3.63) is 33.0 Å². The smallest absolute Gasteiger partial charge is 0.0645 e. The maximum absolute atomic E-state index is 6.35. The Morgan fingerprint density at radius 2 is 2.16 bits per heavy atom. The topological polar surface area (TPSA) is 12.0 Å². The zero-order chi connectivity index (χ0) is 13.5. The molecule has 1 aromatic rings. The molecule has 1 heterocycles. The highest BCUT2D eigenvalue weighted by Gasteiger charge is 2.20. The Bertz CT molecular complexity index is 411. The third-order valence-electron chi connectivity index (χ3n) is 3.70. The molecule has 1 N–H and O–H groups in total. The van der Waals surface area contributed by atoms with Crippen molar-refractivity contribution in [2.24, 2.45) is 0 Å². The fraction of sp³-hybridized carbons (Fsp3) is 0.625. The van der Waals surface area contributed by atoms with Crippen LogP contribution in [0, 0.1) is 0 Å². The average Bonchev–Trinajstić information content (AvgIpc) is 2.78. The summed E-state index contributed by atoms with van der Waals surface area (Å²) >= 11 is 8.13. The molecule has 1 aliphatic rings. The van der Waals surface area contributed by atoms with E-state index in [9.17, 15) is 0 Å². The van der Waals surface area contributed by atoms with Gasteiger partial charge >= 0.3 is 0 Å². The van der Waals surface area contributed by atoms with Gasteiger partial charge in [-0.1, -0.05) is 43.0 Å². The molecule has 106 valence electrons. The van der Waals surface area contributed by atoms with Crippen LogP contribution in [0.1, 0.15) is 62.8 Å². The summed E-state index contributed by atoms with van der Waals surface area (Å²) < 4.78 is 0. The molecule has 0 aliphatic heterocycles. The predicted octanol–water partition coefficient (Wildman–Crippen LogP) is 5.72. The summed E-state index contributed by atoms with van der Waals surface area (Å²) in [4.78, 5) is 1.29. The largest absolute Gasteiger partial charge is 0.306 e. The van der Waals surface area contributed by atoms with Crippen molar-refractivity contribution in [3.8, 4) is 0 Å². The van der Waals surface area contributed by atoms with Crippen LogP contribution in [-0.2, 0) is 0 Å². The van der Waals surface area contributed by atoms with Crippen LogP contribution in [0.25, 0.3) is 0 Å². The molecule has 0 aromatic carbocycles. The maximum Gasteiger partial charge on any atom is 0.0645 e. The van der Waals surface area contributed by atoms with Crippen LogP contribution in [0.5, 0.6) is 0 Å². The molecule has 1 atom stereocenters. The van der Waals surface area contributed by atoms with Crippen molar-refractivity contribution < 1.29 is 0 Å². The first kappa shape index (κ1) is 15.1. The minimum Gasteiger partial charge on any atom is -0.306 e. The first-order chi connectivity index (χ1) is 9.33. The van der Waals surface area contributed by atoms with E-state index in [1.54, 1.807) is 16.9 Å². The van der Waals surface area contributed by atoms with Crippen molar-refractivity contribution in [2.45, 2.75) is 57.9 Å². The third kappa shape index (κ3) is 4.34. The molecule has 0 fully saturated rings. The Morgan fingerprint density at radius 1 is 1.32 bits per heavy atom. The zero-order valence-electron chi connectivity index (χ0n) is 11.8. The lowest BCUT2D eigenvalue weighted by Gasteiger charge is -2.23. The second-order valence-corrected chi connectivity index (χ2v) is 6.61. The van der Waals surface area contributed by atoms with Gasteiger partial charge in [-0.25, -0.2) is 0 Å². The van der Waals surface area contributed by atoms with Crippen LogP contribution in [0.4, 0.5) is 0 Å². The van der Waals surface area contributed by atoms with Crippen LogP contribution >= 0.6 is 22.9 Å². The number of nitrogens with one attached hydrogen (secondary N) is 1. The van der Waals surface area contributed by atoms with Crippen molar-refractivity contribution in [1.29, 1.82) is 0 Å². The van der Waals surface area contributed by atoms with Crippen LogP contribution in [0.2, 0.25) is 5.02 Å². The zero-order valence-corrected chi connectivity index (χ0v) is 13.3. The second-order valence-electron chi connectivity index (χ2n) is 5.25. The van der Waals surface area contributed by atoms with Gasteiger partial charge in [0, 0.05) is 4.88 Å². The first-order valence-corrected chi connectivity index (χ1v) is 8.74. The summed E-state index contributed by atoms with van der Waals surface area (Å²) in [6.45, 7) is 3.27. The number of thiophene rings is 1. The summed E-state index contributed by atoms with van der Waals surface area (Å²) in [7, 11) is 0. The van der Waals surface area contributed by atoms with Gasteiger partial charge in [-0.05, 0) is 50.1 Å². The molecule has 0 bridgehead atoms. The van der Waals surface area contributed by atoms with Gasteiger partial charge in [0.25, 0.3) is 0 Å². The number of rotatable bonds is 5. The van der Waals surface area contributed by atoms with E-state index in [0.29, 0.717) is 6.04 Å². The van der Waals surface area contributed by atoms with E-state index in [4.69, 9.17) is 11.6 Å². The summed E-state index contributed by atoms with van der Waals surface area (Å²) in [5.74, 6) is 0. The number of halogens is 1. The van der Waals surface area contributed by atoms with Gasteiger partial charge in [0.15, 0.2) is 0 Å². The second kappa shape index (κ2) is 8.08. The standard InChI is InChI=1S/C16H24ClNS/c1-2-11-18-15(16-14(17)10-12-19-16)13-8-6-4-3-5-7-9-13/h8,10,12,15,18H,2-7,9,11H2,1H3/b13-8+. The summed E-state index contributed by atoms with van der Waals surface area (Å²) in [5.41, 5.74) is 1.55. The number of allylic oxidation sites excluding steroid dienone is 1. The molecule has 1 aromatic heterocycles. The summed E-state index contributed by atoms with van der Waals surface area (Å²) in [6, 6.07) is 2.36. The van der Waals surface area contributed by atoms with E-state index < -0.39 is 0 Å². The van der Waals surface area contributed by atoms with E-state index in [1.807, 2.05) is 6.07 Å². The van der Waals surface area contributed by atoms with E-state index in [2.05, 4.69) is 23.7 Å². The molecule has 0 spiro atoms. The van der Waals surface area contributed by atoms with E-state index in [0.717, 1.165) is 18.0 Å². The van der Waals surface area contributed by atoms with Crippen molar-refractivity contribution in [1.82, 2.24) is 5.32 Å². The summed E-state index contributed by atoms with van der Waals surface area (Å²) in [6.07, 6.45) is 11.5. The number of hydrogen-bond acceptors (Lipinski definition) is 2. The van der Waals surface area contributed by atoms with Crippen molar-refractivity contribution in [3.63, 3.8) is 0 Å². The third-order valence-corrected chi connectivity index (χ3v) is 5.13. The molecule has 0 saturated carbocycles. The normalized spacial score (nSPS) is 21.3. The van der Waals surface area contributed by atoms with Gasteiger partial charge in [-0.2, -0.15) is 0 Å². The molecule has 1 nitrogen and oxygen atoms in total. The van der Waals surface area contributed by atoms with Crippen molar-refractivity contribution >= 4 is 22.9 Å². The summed E-state index contributed by atoms with van der Waals surface area (Å²) in [5, 5.41) is 6.71. The minimum atomic E-state index is 0.338. The average molecular weight is 298 g/mol. The Morgan fingerprint density at radius 3 is 2.89 bits per heavy atom. The molecule has 1 aliphatic carbocycles. The highest BCUT2D eigenvalue weighted by molar-refractivity contribution is 7.10. The molecular formula is C16H24ClNS. The lowest BCUT2D eigenvalue weighted by atomic mass is 9.94. The lowest BCUT2D eigenvalue weighted by Crippen LogP contribution is -2.23. The first-order valence-electron chi connectivity index (χ1n) is 7.48. The molecule has 19 heavy (non-hydrogen) atoms. The van der Waals surface area contributed by atoms with Crippen LogP contribution in [0.15, 0.2) is 23.1 Å². The van der Waals surface area contributed by atoms with E-state index in [-0.39, 0.29) is 0 Å². The molecule has 0 amide bonds. The van der Waals surface area contributed by atoms with Crippen LogP contribution in [0.3, 0.4) is 0 Å². The fourth-order valence-electron chi connectivity index (χ4n) is 2.67. The monoisotopic (exact) mass is 297 g/mol. The van der Waals surface area contributed by atoms with Gasteiger partial charge in [-0.15, -0.1) is 11.3 Å². The Kier molecular flexibility index (Phi) is 6.42. The Balaban J connectivity index is 2.18. The van der Waals surface area contributed by atoms with E-state index in [1.165, 1.54) is 43.4 Å². The van der Waals surface area contributed by atoms with Gasteiger partial charge in [0.05, 0.1) is 11.1 Å². The van der Waals surface area contributed by atoms with Crippen LogP contribution in [-0.4, -0.2) is 6.54 Å². The quantitative estimate of drug-likeness (QED) is 0.685. The predicted molar refractivity (Wildman–Crippen MR) is 86.1 cm³/mol. The number of hydrogen-bond donors (Lipinski definition) is 1. The highest BCUT2D eigenvalue weighted by Crippen LogP contribution is 2.36. The molecular weight excluding hydrogens is 274 g/mol. The highest BCUT2D eigenvalue weighted by atomic mass is 35.5. The Labute approximate surface area is 126 Å². The molecule has 3 heteroatoms. The van der Waals surface area contributed by atoms with Gasteiger partial charge < -0.3 is 5.32 Å². The Hall–Kier alpha value is -0.310. The lowest BCUT2D eigenvalue weighted by molar-refractivity contribution is 0.545. The fourth-order valence-corrected chi connectivity index (χ4v) is 3.95. The molecule has 1 unspecified atom stereocenters. The van der Waals surface area contributed by atoms with Crippen molar-refractivity contribution in [2.75, 3.05) is 6.54 Å². The molecule has 2 rings (SSSR count).